The molecular formula is C14H13F3N2O4S2. The molecule has 2 heterocycles. The van der Waals surface area contributed by atoms with Crippen LogP contribution in [0.25, 0.3) is 0 Å². The first kappa shape index (κ1) is 18.1. The lowest BCUT2D eigenvalue weighted by Gasteiger charge is -2.24. The molecule has 1 aromatic carbocycles. The summed E-state index contributed by atoms with van der Waals surface area (Å²) in [6, 6.07) is 4.61. The third-order valence-electron chi connectivity index (χ3n) is 3.67. The number of ether oxygens (including phenoxy) is 1. The Labute approximate surface area is 146 Å². The Morgan fingerprint density at radius 3 is 2.48 bits per heavy atom. The van der Waals surface area contributed by atoms with Gasteiger partial charge in [0.15, 0.2) is 15.0 Å². The topological polar surface area (TPSA) is 76.0 Å². The number of sulfone groups is 1. The Morgan fingerprint density at radius 1 is 1.28 bits per heavy atom. The first-order valence-electron chi connectivity index (χ1n) is 7.15. The van der Waals surface area contributed by atoms with Crippen molar-refractivity contribution in [1.82, 2.24) is 0 Å². The lowest BCUT2D eigenvalue weighted by molar-refractivity contribution is -0.274. The number of halogens is 3. The summed E-state index contributed by atoms with van der Waals surface area (Å²) in [4.78, 5) is 16.8. The number of anilines is 1. The minimum Gasteiger partial charge on any atom is -0.406 e. The smallest absolute Gasteiger partial charge is 0.406 e. The van der Waals surface area contributed by atoms with E-state index in [-0.39, 0.29) is 22.5 Å². The van der Waals surface area contributed by atoms with Crippen LogP contribution in [0.4, 0.5) is 18.9 Å². The second-order valence-electron chi connectivity index (χ2n) is 5.63. The predicted octanol–water partition coefficient (Wildman–Crippen LogP) is 2.21. The number of thioether (sulfide) groups is 1. The molecule has 3 rings (SSSR count). The van der Waals surface area contributed by atoms with Crippen molar-refractivity contribution in [2.24, 2.45) is 4.99 Å². The van der Waals surface area contributed by atoms with Crippen molar-refractivity contribution in [2.75, 3.05) is 16.4 Å². The Balaban J connectivity index is 1.92. The maximum absolute atomic E-state index is 12.3. The molecule has 1 amide bonds. The highest BCUT2D eigenvalue weighted by molar-refractivity contribution is 8.16. The van der Waals surface area contributed by atoms with Crippen molar-refractivity contribution in [3.63, 3.8) is 0 Å². The molecule has 2 aliphatic rings. The molecule has 6 nitrogen and oxygen atoms in total. The molecule has 0 N–H and O–H groups in total. The minimum absolute atomic E-state index is 0.0228. The van der Waals surface area contributed by atoms with Crippen molar-refractivity contribution in [1.29, 1.82) is 0 Å². The average Bonchev–Trinajstić information content (AvgIpc) is 2.88. The molecule has 2 aliphatic heterocycles. The van der Waals surface area contributed by atoms with Gasteiger partial charge in [-0.15, -0.1) is 13.2 Å². The van der Waals surface area contributed by atoms with E-state index in [1.807, 2.05) is 0 Å². The molecule has 0 spiro atoms. The second-order valence-corrected chi connectivity index (χ2v) is 8.99. The number of amidine groups is 1. The number of carbonyl (C=O) groups excluding carboxylic acids is 1. The zero-order valence-corrected chi connectivity index (χ0v) is 14.5. The van der Waals surface area contributed by atoms with Gasteiger partial charge < -0.3 is 9.64 Å². The molecule has 2 atom stereocenters. The number of fused-ring (bicyclic) bond motifs is 1. The number of alkyl halides is 3. The number of hydrogen-bond donors (Lipinski definition) is 0. The monoisotopic (exact) mass is 394 g/mol. The van der Waals surface area contributed by atoms with E-state index in [2.05, 4.69) is 9.73 Å². The lowest BCUT2D eigenvalue weighted by Crippen LogP contribution is -2.37. The third-order valence-corrected chi connectivity index (χ3v) is 6.88. The van der Waals surface area contributed by atoms with Gasteiger partial charge in [-0.3, -0.25) is 4.79 Å². The zero-order valence-electron chi connectivity index (χ0n) is 12.9. The van der Waals surface area contributed by atoms with Crippen molar-refractivity contribution >= 4 is 38.4 Å². The molecule has 25 heavy (non-hydrogen) atoms. The van der Waals surface area contributed by atoms with Crippen LogP contribution in [0.15, 0.2) is 29.3 Å². The molecule has 2 saturated heterocycles. The lowest BCUT2D eigenvalue weighted by atomic mass is 10.2. The van der Waals surface area contributed by atoms with E-state index in [9.17, 15) is 26.4 Å². The Morgan fingerprint density at radius 2 is 1.92 bits per heavy atom. The number of benzene rings is 1. The maximum atomic E-state index is 12.3. The highest BCUT2D eigenvalue weighted by Crippen LogP contribution is 2.41. The van der Waals surface area contributed by atoms with Gasteiger partial charge in [0.25, 0.3) is 0 Å². The van der Waals surface area contributed by atoms with Gasteiger partial charge in [0.05, 0.1) is 17.5 Å². The van der Waals surface area contributed by atoms with E-state index >= 15 is 0 Å². The summed E-state index contributed by atoms with van der Waals surface area (Å²) in [5.74, 6) is -0.941. The fourth-order valence-corrected chi connectivity index (χ4v) is 6.77. The number of amides is 1. The van der Waals surface area contributed by atoms with Crippen LogP contribution in [-0.4, -0.2) is 48.7 Å². The van der Waals surface area contributed by atoms with Gasteiger partial charge in [-0.25, -0.2) is 8.42 Å². The summed E-state index contributed by atoms with van der Waals surface area (Å²) in [6.45, 7) is 1.27. The molecule has 0 unspecified atom stereocenters. The van der Waals surface area contributed by atoms with Crippen LogP contribution >= 0.6 is 11.8 Å². The molecular weight excluding hydrogens is 381 g/mol. The largest absolute Gasteiger partial charge is 0.573 e. The van der Waals surface area contributed by atoms with Crippen molar-refractivity contribution in [3.05, 3.63) is 24.3 Å². The Hall–Kier alpha value is -1.75. The highest BCUT2D eigenvalue weighted by atomic mass is 32.2. The van der Waals surface area contributed by atoms with Crippen LogP contribution in [0.5, 0.6) is 5.75 Å². The number of rotatable bonds is 2. The van der Waals surface area contributed by atoms with Gasteiger partial charge in [0.1, 0.15) is 5.75 Å². The quantitative estimate of drug-likeness (QED) is 0.766. The number of hydrogen-bond acceptors (Lipinski definition) is 5. The van der Waals surface area contributed by atoms with Gasteiger partial charge in [-0.05, 0) is 24.3 Å². The molecule has 2 fully saturated rings. The molecule has 1 aromatic rings. The Bertz CT molecular complexity index is 821. The van der Waals surface area contributed by atoms with Gasteiger partial charge in [-0.2, -0.15) is 4.99 Å². The standard InChI is InChI=1S/C14H13F3N2O4S2/c1-8(20)18-13-19(11-6-25(21,22)7-12(11)24-13)9-2-4-10(5-3-9)23-14(15,16)17/h2-5,11-12H,6-7H2,1H3/t11-,12-/m0/s1. The van der Waals surface area contributed by atoms with E-state index in [0.29, 0.717) is 10.9 Å². The third kappa shape index (κ3) is 4.09. The maximum Gasteiger partial charge on any atom is 0.573 e. The van der Waals surface area contributed by atoms with Crippen LogP contribution < -0.4 is 9.64 Å². The first-order valence-corrected chi connectivity index (χ1v) is 9.85. The van der Waals surface area contributed by atoms with E-state index < -0.39 is 28.1 Å². The van der Waals surface area contributed by atoms with Gasteiger partial charge in [-0.1, -0.05) is 11.8 Å². The molecule has 0 aromatic heterocycles. The normalized spacial score (nSPS) is 26.7. The highest BCUT2D eigenvalue weighted by Gasteiger charge is 2.49. The molecule has 0 bridgehead atoms. The second kappa shape index (κ2) is 6.20. The first-order chi connectivity index (χ1) is 11.5. The van der Waals surface area contributed by atoms with Crippen molar-refractivity contribution in [3.8, 4) is 5.75 Å². The molecule has 136 valence electrons. The number of nitrogens with zero attached hydrogens (tertiary/aromatic N) is 2. The van der Waals surface area contributed by atoms with Crippen LogP contribution in [-0.2, 0) is 14.6 Å². The summed E-state index contributed by atoms with van der Waals surface area (Å²) in [5, 5.41) is 0.0797. The average molecular weight is 394 g/mol. The predicted molar refractivity (Wildman–Crippen MR) is 87.5 cm³/mol. The minimum atomic E-state index is -4.79. The fraction of sp³-hybridized carbons (Fsp3) is 0.429. The SMILES string of the molecule is CC(=O)N=C1S[C@H]2CS(=O)(=O)C[C@@H]2N1c1ccc(OC(F)(F)F)cc1. The summed E-state index contributed by atoms with van der Waals surface area (Å²) in [6.07, 6.45) is -4.79. The van der Waals surface area contributed by atoms with E-state index in [4.69, 9.17) is 0 Å². The van der Waals surface area contributed by atoms with Gasteiger partial charge >= 0.3 is 6.36 Å². The molecule has 11 heteroatoms. The van der Waals surface area contributed by atoms with Crippen LogP contribution in [0.1, 0.15) is 6.92 Å². The van der Waals surface area contributed by atoms with Crippen LogP contribution in [0, 0.1) is 0 Å². The summed E-state index contributed by atoms with van der Waals surface area (Å²) in [5.41, 5.74) is 0.451. The number of aliphatic imine (C=N–C) groups is 1. The summed E-state index contributed by atoms with van der Waals surface area (Å²) >= 11 is 1.19. The molecule has 0 aliphatic carbocycles. The number of carbonyl (C=O) groups is 1. The molecule has 0 radical (unpaired) electrons. The fourth-order valence-electron chi connectivity index (χ4n) is 2.81. The van der Waals surface area contributed by atoms with Crippen molar-refractivity contribution in [2.45, 2.75) is 24.6 Å². The summed E-state index contributed by atoms with van der Waals surface area (Å²) in [7, 11) is -3.21. The van der Waals surface area contributed by atoms with Gasteiger partial charge in [0, 0.05) is 17.9 Å². The van der Waals surface area contributed by atoms with E-state index in [1.165, 1.54) is 30.8 Å². The van der Waals surface area contributed by atoms with Crippen LogP contribution in [0.3, 0.4) is 0 Å². The van der Waals surface area contributed by atoms with Crippen molar-refractivity contribution < 1.29 is 31.1 Å². The summed E-state index contributed by atoms with van der Waals surface area (Å²) < 4.78 is 64.3. The van der Waals surface area contributed by atoms with Crippen LogP contribution in [0.2, 0.25) is 0 Å². The zero-order chi connectivity index (χ0) is 18.4. The van der Waals surface area contributed by atoms with E-state index in [1.54, 1.807) is 4.90 Å². The van der Waals surface area contributed by atoms with E-state index in [0.717, 1.165) is 12.1 Å². The van der Waals surface area contributed by atoms with Gasteiger partial charge in [0.2, 0.25) is 5.91 Å². The Kier molecular flexibility index (Phi) is 4.48. The molecule has 0 saturated carbocycles.